The number of carbonyl (C=O) groups excluding carboxylic acids is 1. The molecule has 2 aromatic carbocycles. The maximum atomic E-state index is 13.1. The van der Waals surface area contributed by atoms with Gasteiger partial charge in [0.25, 0.3) is 5.91 Å². The van der Waals surface area contributed by atoms with Crippen LogP contribution in [-0.4, -0.2) is 32.8 Å². The van der Waals surface area contributed by atoms with Gasteiger partial charge in [-0.1, -0.05) is 12.1 Å². The number of aryl methyl sites for hydroxylation is 1. The van der Waals surface area contributed by atoms with Crippen LogP contribution in [0.4, 0.5) is 5.82 Å². The molecule has 0 aliphatic rings. The van der Waals surface area contributed by atoms with Crippen molar-refractivity contribution in [3.05, 3.63) is 65.4 Å². The highest BCUT2D eigenvalue weighted by Gasteiger charge is 2.19. The number of fused-ring (bicyclic) bond motifs is 3. The van der Waals surface area contributed by atoms with Crippen LogP contribution in [0, 0.1) is 11.3 Å². The largest absolute Gasteiger partial charge is 0.383 e. The molecule has 0 aliphatic carbocycles. The first-order chi connectivity index (χ1) is 14.0. The minimum Gasteiger partial charge on any atom is -0.383 e. The molecule has 0 unspecified atom stereocenters. The van der Waals surface area contributed by atoms with Gasteiger partial charge in [0, 0.05) is 18.0 Å². The highest BCUT2D eigenvalue weighted by atomic mass is 16.7. The number of nitrogens with two attached hydrogens (primary N) is 1. The monoisotopic (exact) mass is 386 g/mol. The fourth-order valence-electron chi connectivity index (χ4n) is 3.30. The molecule has 0 spiro atoms. The van der Waals surface area contributed by atoms with E-state index in [4.69, 9.17) is 15.8 Å². The molecule has 1 amide bonds. The number of rotatable bonds is 4. The second-order valence-electron chi connectivity index (χ2n) is 6.59. The lowest BCUT2D eigenvalue weighted by Crippen LogP contribution is -2.29. The molecular formula is C21H18N6O2. The minimum absolute atomic E-state index is 0.250. The lowest BCUT2D eigenvalue weighted by Gasteiger charge is -2.20. The fraction of sp³-hybridized carbons (Fsp3) is 0.143. The molecule has 0 fully saturated rings. The van der Waals surface area contributed by atoms with Crippen LogP contribution in [0.25, 0.3) is 21.8 Å². The Morgan fingerprint density at radius 1 is 1.24 bits per heavy atom. The van der Waals surface area contributed by atoms with Crippen molar-refractivity contribution in [2.45, 2.75) is 6.54 Å². The third-order valence-electron chi connectivity index (χ3n) is 4.81. The van der Waals surface area contributed by atoms with Crippen LogP contribution in [0.3, 0.4) is 0 Å². The third-order valence-corrected chi connectivity index (χ3v) is 4.81. The summed E-state index contributed by atoms with van der Waals surface area (Å²) >= 11 is 0. The van der Waals surface area contributed by atoms with Gasteiger partial charge in [-0.25, -0.2) is 10.0 Å². The fourth-order valence-corrected chi connectivity index (χ4v) is 3.30. The molecule has 0 bridgehead atoms. The molecule has 2 aromatic heterocycles. The number of carbonyl (C=O) groups is 1. The maximum Gasteiger partial charge on any atom is 0.277 e. The molecule has 8 heteroatoms. The summed E-state index contributed by atoms with van der Waals surface area (Å²) in [5, 5.41) is 16.0. The molecule has 8 nitrogen and oxygen atoms in total. The molecule has 144 valence electrons. The predicted molar refractivity (Wildman–Crippen MR) is 108 cm³/mol. The average Bonchev–Trinajstić information content (AvgIpc) is 3.14. The molecule has 0 atom stereocenters. The first-order valence-corrected chi connectivity index (χ1v) is 8.87. The van der Waals surface area contributed by atoms with Gasteiger partial charge in [-0.15, -0.1) is 0 Å². The van der Waals surface area contributed by atoms with Crippen LogP contribution in [0.5, 0.6) is 0 Å². The number of hydrogen-bond donors (Lipinski definition) is 1. The number of hydroxylamine groups is 2. The summed E-state index contributed by atoms with van der Waals surface area (Å²) in [7, 11) is 3.27. The predicted octanol–water partition coefficient (Wildman–Crippen LogP) is 2.78. The van der Waals surface area contributed by atoms with Crippen molar-refractivity contribution in [1.82, 2.24) is 19.8 Å². The smallest absolute Gasteiger partial charge is 0.277 e. The lowest BCUT2D eigenvalue weighted by molar-refractivity contribution is -0.102. The van der Waals surface area contributed by atoms with Crippen molar-refractivity contribution in [2.75, 3.05) is 12.8 Å². The summed E-state index contributed by atoms with van der Waals surface area (Å²) in [6, 6.07) is 14.3. The molecule has 4 rings (SSSR count). The Kier molecular flexibility index (Phi) is 4.58. The van der Waals surface area contributed by atoms with E-state index in [1.807, 2.05) is 7.05 Å². The molecule has 2 N–H and O–H groups in total. The van der Waals surface area contributed by atoms with E-state index in [1.54, 1.807) is 53.3 Å². The van der Waals surface area contributed by atoms with Gasteiger partial charge in [-0.05, 0) is 35.9 Å². The Labute approximate surface area is 166 Å². The van der Waals surface area contributed by atoms with Crippen LogP contribution in [0.2, 0.25) is 0 Å². The van der Waals surface area contributed by atoms with Crippen molar-refractivity contribution >= 4 is 33.5 Å². The number of aromatic nitrogens is 3. The van der Waals surface area contributed by atoms with Crippen LogP contribution >= 0.6 is 0 Å². The van der Waals surface area contributed by atoms with Gasteiger partial charge in [0.2, 0.25) is 0 Å². The normalized spacial score (nSPS) is 10.9. The van der Waals surface area contributed by atoms with E-state index in [9.17, 15) is 4.79 Å². The van der Waals surface area contributed by atoms with Gasteiger partial charge in [0.15, 0.2) is 0 Å². The Hall–Kier alpha value is -3.96. The first-order valence-electron chi connectivity index (χ1n) is 8.87. The standard InChI is InChI=1S/C21H18N6O2/c1-26-19-16-9-15(7-8-18(16)25-20(23)17(19)11-24-26)21(28)27(29-2)12-14-5-3-13(10-22)4-6-14/h3-9,11H,12H2,1-2H3,(H2,23,25). The van der Waals surface area contributed by atoms with Gasteiger partial charge >= 0.3 is 0 Å². The van der Waals surface area contributed by atoms with Gasteiger partial charge in [-0.3, -0.25) is 14.3 Å². The number of nitrogen functional groups attached to an aromatic ring is 1. The second kappa shape index (κ2) is 7.22. The van der Waals surface area contributed by atoms with E-state index in [0.717, 1.165) is 21.9 Å². The van der Waals surface area contributed by atoms with Crippen LogP contribution in [-0.2, 0) is 18.4 Å². The van der Waals surface area contributed by atoms with E-state index < -0.39 is 0 Å². The van der Waals surface area contributed by atoms with Crippen LogP contribution < -0.4 is 5.73 Å². The summed E-state index contributed by atoms with van der Waals surface area (Å²) < 4.78 is 1.72. The van der Waals surface area contributed by atoms with Gasteiger partial charge in [-0.2, -0.15) is 10.4 Å². The molecular weight excluding hydrogens is 368 g/mol. The Morgan fingerprint density at radius 2 is 2.00 bits per heavy atom. The van der Waals surface area contributed by atoms with Crippen molar-refractivity contribution in [2.24, 2.45) is 7.05 Å². The number of amides is 1. The SMILES string of the molecule is CON(Cc1ccc(C#N)cc1)C(=O)c1ccc2nc(N)c3cnn(C)c3c2c1. The average molecular weight is 386 g/mol. The van der Waals surface area contributed by atoms with Crippen LogP contribution in [0.1, 0.15) is 21.5 Å². The van der Waals surface area contributed by atoms with E-state index in [2.05, 4.69) is 16.2 Å². The zero-order chi connectivity index (χ0) is 20.5. The van der Waals surface area contributed by atoms with Gasteiger partial charge in [0.05, 0.1) is 47.9 Å². The van der Waals surface area contributed by atoms with E-state index in [-0.39, 0.29) is 12.5 Å². The Bertz CT molecular complexity index is 1270. The molecule has 0 aliphatic heterocycles. The summed E-state index contributed by atoms with van der Waals surface area (Å²) in [6.45, 7) is 0.250. The van der Waals surface area contributed by atoms with Crippen molar-refractivity contribution in [1.29, 1.82) is 5.26 Å². The molecule has 0 radical (unpaired) electrons. The number of nitrogens with zero attached hydrogens (tertiary/aromatic N) is 5. The number of pyridine rings is 1. The van der Waals surface area contributed by atoms with Crippen LogP contribution in [0.15, 0.2) is 48.7 Å². The molecule has 0 saturated carbocycles. The molecule has 2 heterocycles. The Balaban J connectivity index is 1.71. The number of benzene rings is 2. The summed E-state index contributed by atoms with van der Waals surface area (Å²) in [4.78, 5) is 22.8. The molecule has 4 aromatic rings. The summed E-state index contributed by atoms with van der Waals surface area (Å²) in [6.07, 6.45) is 1.66. The topological polar surface area (TPSA) is 110 Å². The van der Waals surface area contributed by atoms with E-state index in [0.29, 0.717) is 22.5 Å². The summed E-state index contributed by atoms with van der Waals surface area (Å²) in [5.74, 6) is 0.116. The van der Waals surface area contributed by atoms with Crippen molar-refractivity contribution in [3.8, 4) is 6.07 Å². The first kappa shape index (κ1) is 18.4. The van der Waals surface area contributed by atoms with Crippen molar-refractivity contribution in [3.63, 3.8) is 0 Å². The maximum absolute atomic E-state index is 13.1. The molecule has 29 heavy (non-hydrogen) atoms. The third kappa shape index (κ3) is 3.24. The van der Waals surface area contributed by atoms with Crippen molar-refractivity contribution < 1.29 is 9.63 Å². The highest BCUT2D eigenvalue weighted by molar-refractivity contribution is 6.10. The van der Waals surface area contributed by atoms with E-state index in [1.165, 1.54) is 12.2 Å². The Morgan fingerprint density at radius 3 is 2.69 bits per heavy atom. The number of nitriles is 1. The minimum atomic E-state index is -0.286. The molecule has 0 saturated heterocycles. The zero-order valence-electron chi connectivity index (χ0n) is 16.0. The van der Waals surface area contributed by atoms with E-state index >= 15 is 0 Å². The lowest BCUT2D eigenvalue weighted by atomic mass is 10.1. The van der Waals surface area contributed by atoms with Gasteiger partial charge in [0.1, 0.15) is 5.82 Å². The van der Waals surface area contributed by atoms with Gasteiger partial charge < -0.3 is 5.73 Å². The summed E-state index contributed by atoms with van der Waals surface area (Å²) in [5.41, 5.74) is 9.41. The highest BCUT2D eigenvalue weighted by Crippen LogP contribution is 2.28. The number of anilines is 1. The zero-order valence-corrected chi connectivity index (χ0v) is 16.0. The number of hydrogen-bond acceptors (Lipinski definition) is 6. The second-order valence-corrected chi connectivity index (χ2v) is 6.59. The quantitative estimate of drug-likeness (QED) is 0.540.